The molecule has 0 bridgehead atoms. The van der Waals surface area contributed by atoms with Crippen molar-refractivity contribution < 1.29 is 17.8 Å². The van der Waals surface area contributed by atoms with Crippen LogP contribution in [0.1, 0.15) is 42.8 Å². The number of hydrogen-bond donors (Lipinski definition) is 2. The second kappa shape index (κ2) is 14.4. The SMILES string of the molecule is O=C(CN(Cc1ccccn1)C1CCCCC1N(Cc1ccccn1)Cc1ccccn1)Nc1ccc(S(=O)(=O)O)cc1. The fourth-order valence-electron chi connectivity index (χ4n) is 5.72. The molecule has 2 unspecified atom stereocenters. The molecule has 1 amide bonds. The number of carbonyl (C=O) groups excluding carboxylic acids is 1. The van der Waals surface area contributed by atoms with Gasteiger partial charge in [-0.25, -0.2) is 0 Å². The summed E-state index contributed by atoms with van der Waals surface area (Å²) in [6.45, 7) is 1.93. The highest BCUT2D eigenvalue weighted by molar-refractivity contribution is 7.85. The molecule has 0 spiro atoms. The first kappa shape index (κ1) is 30.4. The zero-order chi connectivity index (χ0) is 30.1. The van der Waals surface area contributed by atoms with Gasteiger partial charge in [-0.15, -0.1) is 0 Å². The van der Waals surface area contributed by atoms with E-state index in [0.29, 0.717) is 25.3 Å². The molecule has 1 aliphatic rings. The van der Waals surface area contributed by atoms with Gasteiger partial charge in [0.25, 0.3) is 10.1 Å². The topological polar surface area (TPSA) is 129 Å². The van der Waals surface area contributed by atoms with E-state index in [4.69, 9.17) is 0 Å². The fraction of sp³-hybridized carbons (Fsp3) is 0.312. The van der Waals surface area contributed by atoms with Crippen LogP contribution in [-0.4, -0.2) is 62.3 Å². The summed E-state index contributed by atoms with van der Waals surface area (Å²) in [4.78, 5) is 31.6. The van der Waals surface area contributed by atoms with Crippen molar-refractivity contribution in [1.29, 1.82) is 0 Å². The van der Waals surface area contributed by atoms with E-state index in [9.17, 15) is 17.8 Å². The number of anilines is 1. The number of rotatable bonds is 12. The zero-order valence-electron chi connectivity index (χ0n) is 23.9. The summed E-state index contributed by atoms with van der Waals surface area (Å²) in [5.74, 6) is -0.221. The van der Waals surface area contributed by atoms with Crippen molar-refractivity contribution in [3.8, 4) is 0 Å². The molecule has 3 heterocycles. The molecule has 43 heavy (non-hydrogen) atoms. The molecule has 1 aliphatic carbocycles. The molecule has 224 valence electrons. The lowest BCUT2D eigenvalue weighted by Crippen LogP contribution is -2.54. The molecule has 4 aromatic rings. The maximum absolute atomic E-state index is 13.4. The summed E-state index contributed by atoms with van der Waals surface area (Å²) in [6.07, 6.45) is 9.43. The van der Waals surface area contributed by atoms with Gasteiger partial charge in [0, 0.05) is 56.0 Å². The number of nitrogens with zero attached hydrogens (tertiary/aromatic N) is 5. The summed E-state index contributed by atoms with van der Waals surface area (Å²) >= 11 is 0. The molecule has 5 rings (SSSR count). The molecule has 3 aromatic heterocycles. The number of benzene rings is 1. The van der Waals surface area contributed by atoms with E-state index in [2.05, 4.69) is 30.1 Å². The van der Waals surface area contributed by atoms with Gasteiger partial charge in [-0.05, 0) is 73.5 Å². The van der Waals surface area contributed by atoms with Gasteiger partial charge in [0.1, 0.15) is 0 Å². The standard InChI is InChI=1S/C32H36N6O4S/c39-32(36-25-14-16-29(17-15-25)43(40,41)42)24-38(23-28-11-5-8-20-35-28)31-13-2-1-12-30(31)37(21-26-9-3-6-18-33-26)22-27-10-4-7-19-34-27/h3-11,14-20,30-31H,1-2,12-13,21-24H2,(H,36,39)(H,40,41,42). The van der Waals surface area contributed by atoms with Crippen LogP contribution in [0.15, 0.2) is 102 Å². The Bertz CT molecular complexity index is 1520. The number of pyridine rings is 3. The quantitative estimate of drug-likeness (QED) is 0.225. The molecule has 0 aliphatic heterocycles. The summed E-state index contributed by atoms with van der Waals surface area (Å²) in [7, 11) is -4.32. The zero-order valence-corrected chi connectivity index (χ0v) is 24.7. The minimum atomic E-state index is -4.32. The van der Waals surface area contributed by atoms with E-state index in [0.717, 1.165) is 42.8 Å². The number of carbonyl (C=O) groups is 1. The maximum Gasteiger partial charge on any atom is 0.294 e. The van der Waals surface area contributed by atoms with Gasteiger partial charge in [0.15, 0.2) is 0 Å². The van der Waals surface area contributed by atoms with Crippen LogP contribution < -0.4 is 5.32 Å². The molecule has 0 radical (unpaired) electrons. The number of amides is 1. The average molecular weight is 601 g/mol. The Morgan fingerprint density at radius 2 is 1.19 bits per heavy atom. The van der Waals surface area contributed by atoms with E-state index < -0.39 is 10.1 Å². The molecule has 1 saturated carbocycles. The predicted molar refractivity (Wildman–Crippen MR) is 163 cm³/mol. The second-order valence-corrected chi connectivity index (χ2v) is 12.2. The van der Waals surface area contributed by atoms with Crippen LogP contribution in [-0.2, 0) is 34.5 Å². The lowest BCUT2D eigenvalue weighted by atomic mass is 9.87. The lowest BCUT2D eigenvalue weighted by Gasteiger charge is -2.45. The van der Waals surface area contributed by atoms with E-state index in [1.165, 1.54) is 24.3 Å². The van der Waals surface area contributed by atoms with E-state index in [1.807, 2.05) is 67.0 Å². The fourth-order valence-corrected chi connectivity index (χ4v) is 6.20. The van der Waals surface area contributed by atoms with E-state index >= 15 is 0 Å². The molecular weight excluding hydrogens is 564 g/mol. The second-order valence-electron chi connectivity index (χ2n) is 10.7. The van der Waals surface area contributed by atoms with Crippen LogP contribution in [0.25, 0.3) is 0 Å². The van der Waals surface area contributed by atoms with Gasteiger partial charge in [0.2, 0.25) is 5.91 Å². The largest absolute Gasteiger partial charge is 0.325 e. The molecule has 10 nitrogen and oxygen atoms in total. The van der Waals surface area contributed by atoms with Crippen molar-refractivity contribution in [1.82, 2.24) is 24.8 Å². The molecule has 1 fully saturated rings. The number of nitrogens with one attached hydrogen (secondary N) is 1. The Hall–Kier alpha value is -4.03. The van der Waals surface area contributed by atoms with Crippen molar-refractivity contribution in [2.75, 3.05) is 11.9 Å². The van der Waals surface area contributed by atoms with Gasteiger partial charge >= 0.3 is 0 Å². The van der Waals surface area contributed by atoms with Crippen LogP contribution >= 0.6 is 0 Å². The Morgan fingerprint density at radius 3 is 1.63 bits per heavy atom. The Kier molecular flexibility index (Phi) is 10.2. The summed E-state index contributed by atoms with van der Waals surface area (Å²) in [5, 5.41) is 2.89. The van der Waals surface area contributed by atoms with Crippen LogP contribution in [0, 0.1) is 0 Å². The summed E-state index contributed by atoms with van der Waals surface area (Å²) < 4.78 is 32.1. The van der Waals surface area contributed by atoms with Crippen molar-refractivity contribution in [2.24, 2.45) is 0 Å². The lowest BCUT2D eigenvalue weighted by molar-refractivity contribution is -0.118. The van der Waals surface area contributed by atoms with Gasteiger partial charge < -0.3 is 5.32 Å². The number of aromatic nitrogens is 3. The summed E-state index contributed by atoms with van der Waals surface area (Å²) in [5.41, 5.74) is 3.27. The molecule has 2 atom stereocenters. The minimum absolute atomic E-state index is 0.0656. The third-order valence-electron chi connectivity index (χ3n) is 7.69. The smallest absolute Gasteiger partial charge is 0.294 e. The minimum Gasteiger partial charge on any atom is -0.325 e. The van der Waals surface area contributed by atoms with Crippen molar-refractivity contribution in [3.05, 3.63) is 115 Å². The van der Waals surface area contributed by atoms with Crippen molar-refractivity contribution in [3.63, 3.8) is 0 Å². The first-order chi connectivity index (χ1) is 20.8. The molecule has 2 N–H and O–H groups in total. The third kappa shape index (κ3) is 8.74. The maximum atomic E-state index is 13.4. The summed E-state index contributed by atoms with van der Waals surface area (Å²) in [6, 6.07) is 23.4. The van der Waals surface area contributed by atoms with Gasteiger partial charge in [-0.3, -0.25) is 34.1 Å². The molecule has 11 heteroatoms. The highest BCUT2D eigenvalue weighted by Gasteiger charge is 2.35. The molecule has 0 saturated heterocycles. The van der Waals surface area contributed by atoms with Gasteiger partial charge in [0.05, 0.1) is 28.5 Å². The van der Waals surface area contributed by atoms with E-state index in [-0.39, 0.29) is 29.4 Å². The third-order valence-corrected chi connectivity index (χ3v) is 8.56. The highest BCUT2D eigenvalue weighted by Crippen LogP contribution is 2.30. The molecule has 1 aromatic carbocycles. The molecular formula is C32H36N6O4S. The average Bonchev–Trinajstić information content (AvgIpc) is 3.02. The Labute approximate surface area is 252 Å². The Morgan fingerprint density at radius 1 is 0.721 bits per heavy atom. The highest BCUT2D eigenvalue weighted by atomic mass is 32.2. The Balaban J connectivity index is 1.41. The normalized spacial score (nSPS) is 17.2. The van der Waals surface area contributed by atoms with Gasteiger partial charge in [-0.2, -0.15) is 8.42 Å². The van der Waals surface area contributed by atoms with Crippen LogP contribution in [0.4, 0.5) is 5.69 Å². The van der Waals surface area contributed by atoms with Crippen LogP contribution in [0.2, 0.25) is 0 Å². The van der Waals surface area contributed by atoms with Gasteiger partial charge in [-0.1, -0.05) is 31.0 Å². The predicted octanol–water partition coefficient (Wildman–Crippen LogP) is 4.57. The monoisotopic (exact) mass is 600 g/mol. The number of hydrogen-bond acceptors (Lipinski definition) is 8. The first-order valence-corrected chi connectivity index (χ1v) is 15.8. The first-order valence-electron chi connectivity index (χ1n) is 14.4. The van der Waals surface area contributed by atoms with Crippen molar-refractivity contribution in [2.45, 2.75) is 62.3 Å². The van der Waals surface area contributed by atoms with Crippen LogP contribution in [0.3, 0.4) is 0 Å². The van der Waals surface area contributed by atoms with Crippen LogP contribution in [0.5, 0.6) is 0 Å². The van der Waals surface area contributed by atoms with E-state index in [1.54, 1.807) is 6.20 Å². The van der Waals surface area contributed by atoms with Crippen molar-refractivity contribution >= 4 is 21.7 Å².